The van der Waals surface area contributed by atoms with E-state index in [1.807, 2.05) is 0 Å². The van der Waals surface area contributed by atoms with Crippen LogP contribution in [0.2, 0.25) is 0 Å². The highest BCUT2D eigenvalue weighted by Gasteiger charge is 2.25. The van der Waals surface area contributed by atoms with Crippen LogP contribution in [0.3, 0.4) is 0 Å². The summed E-state index contributed by atoms with van der Waals surface area (Å²) in [5.41, 5.74) is 0.390. The van der Waals surface area contributed by atoms with E-state index in [4.69, 9.17) is 28.1 Å². The van der Waals surface area contributed by atoms with Crippen LogP contribution >= 0.6 is 0 Å². The van der Waals surface area contributed by atoms with E-state index in [0.717, 1.165) is 0 Å². The Morgan fingerprint density at radius 1 is 0.778 bits per heavy atom. The van der Waals surface area contributed by atoms with Crippen molar-refractivity contribution in [3.63, 3.8) is 0 Å². The normalized spacial score (nSPS) is 10.6. The molecule has 0 aliphatic rings. The lowest BCUT2D eigenvalue weighted by molar-refractivity contribution is 0.380. The Kier molecular flexibility index (Phi) is 5.12. The van der Waals surface area contributed by atoms with Crippen LogP contribution in [0.25, 0.3) is 22.3 Å². The van der Waals surface area contributed by atoms with Gasteiger partial charge in [0, 0.05) is 12.1 Å². The molecule has 7 nitrogen and oxygen atoms in total. The molecule has 1 heterocycles. The molecule has 0 saturated heterocycles. The first kappa shape index (κ1) is 18.4. The second-order valence-electron chi connectivity index (χ2n) is 5.53. The van der Waals surface area contributed by atoms with Crippen molar-refractivity contribution in [3.8, 4) is 40.1 Å². The summed E-state index contributed by atoms with van der Waals surface area (Å²) in [5, 5.41) is 0.257. The third kappa shape index (κ3) is 3.01. The van der Waals surface area contributed by atoms with Crippen LogP contribution in [-0.4, -0.2) is 35.5 Å². The fraction of sp³-hybridized carbons (Fsp3) is 0.250. The standard InChI is InChI=1S/C20H20O7/c1-22-11-9-14(25-4)16-15(10-11)27-19(20(26-5)18(16)21)17-12(23-2)7-6-8-13(17)24-3/h6-10H,1-5H3. The van der Waals surface area contributed by atoms with Crippen molar-refractivity contribution < 1.29 is 28.1 Å². The van der Waals surface area contributed by atoms with Crippen molar-refractivity contribution in [2.24, 2.45) is 0 Å². The van der Waals surface area contributed by atoms with Crippen molar-refractivity contribution in [2.45, 2.75) is 0 Å². The maximum absolute atomic E-state index is 13.1. The minimum atomic E-state index is -0.374. The average molecular weight is 372 g/mol. The summed E-state index contributed by atoms with van der Waals surface area (Å²) >= 11 is 0. The summed E-state index contributed by atoms with van der Waals surface area (Å²) < 4.78 is 33.0. The van der Waals surface area contributed by atoms with Gasteiger partial charge in [0.2, 0.25) is 11.2 Å². The first-order valence-corrected chi connectivity index (χ1v) is 8.07. The van der Waals surface area contributed by atoms with Crippen LogP contribution in [0, 0.1) is 0 Å². The van der Waals surface area contributed by atoms with E-state index in [-0.39, 0.29) is 22.3 Å². The van der Waals surface area contributed by atoms with Gasteiger partial charge in [0.05, 0.1) is 35.5 Å². The van der Waals surface area contributed by atoms with E-state index >= 15 is 0 Å². The van der Waals surface area contributed by atoms with Crippen LogP contribution in [0.4, 0.5) is 0 Å². The summed E-state index contributed by atoms with van der Waals surface area (Å²) in [7, 11) is 7.44. The number of rotatable bonds is 6. The zero-order valence-corrected chi connectivity index (χ0v) is 15.7. The molecule has 0 N–H and O–H groups in total. The van der Waals surface area contributed by atoms with Gasteiger partial charge in [-0.1, -0.05) is 6.07 Å². The molecule has 7 heteroatoms. The van der Waals surface area contributed by atoms with Crippen molar-refractivity contribution >= 4 is 11.0 Å². The highest BCUT2D eigenvalue weighted by Crippen LogP contribution is 2.44. The second kappa shape index (κ2) is 7.49. The number of fused-ring (bicyclic) bond motifs is 1. The Morgan fingerprint density at radius 3 is 1.93 bits per heavy atom. The zero-order valence-electron chi connectivity index (χ0n) is 15.7. The molecule has 3 rings (SSSR count). The molecule has 0 bridgehead atoms. The van der Waals surface area contributed by atoms with Gasteiger partial charge in [-0.05, 0) is 12.1 Å². The minimum absolute atomic E-state index is 0.0220. The van der Waals surface area contributed by atoms with Crippen molar-refractivity contribution in [3.05, 3.63) is 40.6 Å². The molecular weight excluding hydrogens is 352 g/mol. The molecule has 0 unspecified atom stereocenters. The maximum atomic E-state index is 13.1. The first-order valence-electron chi connectivity index (χ1n) is 8.07. The minimum Gasteiger partial charge on any atom is -0.496 e. The van der Waals surface area contributed by atoms with Gasteiger partial charge in [-0.25, -0.2) is 0 Å². The monoisotopic (exact) mass is 372 g/mol. The molecule has 0 saturated carbocycles. The fourth-order valence-electron chi connectivity index (χ4n) is 2.95. The highest BCUT2D eigenvalue weighted by molar-refractivity contribution is 5.90. The molecule has 142 valence electrons. The summed E-state index contributed by atoms with van der Waals surface area (Å²) in [6.45, 7) is 0. The van der Waals surface area contributed by atoms with Crippen LogP contribution < -0.4 is 29.1 Å². The first-order chi connectivity index (χ1) is 13.1. The van der Waals surface area contributed by atoms with Crippen LogP contribution in [0.15, 0.2) is 39.5 Å². The van der Waals surface area contributed by atoms with Gasteiger partial charge in [-0.3, -0.25) is 4.79 Å². The Bertz CT molecular complexity index is 1010. The molecule has 0 aliphatic heterocycles. The second-order valence-corrected chi connectivity index (χ2v) is 5.53. The van der Waals surface area contributed by atoms with Crippen molar-refractivity contribution in [2.75, 3.05) is 35.5 Å². The lowest BCUT2D eigenvalue weighted by Gasteiger charge is -2.16. The van der Waals surface area contributed by atoms with Gasteiger partial charge in [0.25, 0.3) is 0 Å². The third-order valence-electron chi connectivity index (χ3n) is 4.21. The van der Waals surface area contributed by atoms with E-state index in [1.165, 1.54) is 35.5 Å². The smallest absolute Gasteiger partial charge is 0.239 e. The van der Waals surface area contributed by atoms with Crippen LogP contribution in [0.1, 0.15) is 0 Å². The Balaban J connectivity index is 2.47. The van der Waals surface area contributed by atoms with Crippen LogP contribution in [0.5, 0.6) is 28.7 Å². The summed E-state index contributed by atoms with van der Waals surface area (Å²) in [4.78, 5) is 13.1. The van der Waals surface area contributed by atoms with Crippen molar-refractivity contribution in [1.82, 2.24) is 0 Å². The predicted octanol–water partition coefficient (Wildman–Crippen LogP) is 3.50. The molecule has 0 aliphatic carbocycles. The molecule has 1 aromatic heterocycles. The molecule has 0 fully saturated rings. The predicted molar refractivity (Wildman–Crippen MR) is 101 cm³/mol. The summed E-state index contributed by atoms with van der Waals surface area (Å²) in [6, 6.07) is 8.49. The lowest BCUT2D eigenvalue weighted by Crippen LogP contribution is -2.09. The number of hydrogen-bond donors (Lipinski definition) is 0. The molecule has 0 amide bonds. The quantitative estimate of drug-likeness (QED) is 0.655. The molecule has 27 heavy (non-hydrogen) atoms. The van der Waals surface area contributed by atoms with E-state index in [9.17, 15) is 4.79 Å². The topological polar surface area (TPSA) is 76.4 Å². The molecule has 3 aromatic rings. The highest BCUT2D eigenvalue weighted by atomic mass is 16.5. The van der Waals surface area contributed by atoms with E-state index < -0.39 is 0 Å². The lowest BCUT2D eigenvalue weighted by atomic mass is 10.1. The summed E-state index contributed by atoms with van der Waals surface area (Å²) in [5.74, 6) is 1.99. The van der Waals surface area contributed by atoms with Gasteiger partial charge in [0.1, 0.15) is 39.5 Å². The molecule has 0 spiro atoms. The van der Waals surface area contributed by atoms with Crippen LogP contribution in [-0.2, 0) is 0 Å². The largest absolute Gasteiger partial charge is 0.496 e. The number of benzene rings is 2. The molecule has 0 atom stereocenters. The number of methoxy groups -OCH3 is 5. The van der Waals surface area contributed by atoms with Gasteiger partial charge in [-0.15, -0.1) is 0 Å². The average Bonchev–Trinajstić information content (AvgIpc) is 2.71. The molecule has 0 radical (unpaired) electrons. The molecular formula is C20H20O7. The third-order valence-corrected chi connectivity index (χ3v) is 4.21. The Morgan fingerprint density at radius 2 is 1.41 bits per heavy atom. The number of ether oxygens (including phenoxy) is 5. The van der Waals surface area contributed by atoms with E-state index in [0.29, 0.717) is 34.1 Å². The molecule has 2 aromatic carbocycles. The zero-order chi connectivity index (χ0) is 19.6. The van der Waals surface area contributed by atoms with Gasteiger partial charge < -0.3 is 28.1 Å². The van der Waals surface area contributed by atoms with Gasteiger partial charge >= 0.3 is 0 Å². The van der Waals surface area contributed by atoms with Gasteiger partial charge in [0.15, 0.2) is 5.76 Å². The summed E-state index contributed by atoms with van der Waals surface area (Å²) in [6.07, 6.45) is 0. The van der Waals surface area contributed by atoms with E-state index in [2.05, 4.69) is 0 Å². The fourth-order valence-corrected chi connectivity index (χ4v) is 2.95. The van der Waals surface area contributed by atoms with Gasteiger partial charge in [-0.2, -0.15) is 0 Å². The Labute approximate surface area is 156 Å². The number of hydrogen-bond acceptors (Lipinski definition) is 7. The van der Waals surface area contributed by atoms with Crippen molar-refractivity contribution in [1.29, 1.82) is 0 Å². The maximum Gasteiger partial charge on any atom is 0.239 e. The SMILES string of the molecule is COc1cc(OC)c2c(=O)c(OC)c(-c3c(OC)cccc3OC)oc2c1. The Hall–Kier alpha value is -3.35. The van der Waals surface area contributed by atoms with E-state index in [1.54, 1.807) is 30.3 Å².